The molecule has 1 unspecified atom stereocenters. The molecule has 0 saturated heterocycles. The number of carboxylic acid groups (broad SMARTS) is 1. The van der Waals surface area contributed by atoms with Crippen LogP contribution >= 0.6 is 0 Å². The van der Waals surface area contributed by atoms with Crippen LogP contribution in [0.15, 0.2) is 42.7 Å². The Hall–Kier alpha value is -3.73. The predicted octanol–water partition coefficient (Wildman–Crippen LogP) is 4.45. The van der Waals surface area contributed by atoms with Crippen molar-refractivity contribution in [1.82, 2.24) is 24.8 Å². The minimum absolute atomic E-state index is 0.147. The van der Waals surface area contributed by atoms with Gasteiger partial charge in [0.25, 0.3) is 6.43 Å². The molecule has 0 aliphatic carbocycles. The van der Waals surface area contributed by atoms with Crippen molar-refractivity contribution in [2.24, 2.45) is 0 Å². The summed E-state index contributed by atoms with van der Waals surface area (Å²) in [4.78, 5) is 31.2. The van der Waals surface area contributed by atoms with Crippen molar-refractivity contribution in [1.29, 1.82) is 0 Å². The molecule has 39 heavy (non-hydrogen) atoms. The van der Waals surface area contributed by atoms with E-state index in [0.717, 1.165) is 49.3 Å². The van der Waals surface area contributed by atoms with E-state index in [1.807, 2.05) is 6.07 Å². The number of hydrogen-bond acceptors (Lipinski definition) is 8. The molecule has 0 amide bonds. The maximum atomic E-state index is 13.3. The third kappa shape index (κ3) is 8.64. The van der Waals surface area contributed by atoms with Crippen LogP contribution in [0.2, 0.25) is 0 Å². The van der Waals surface area contributed by atoms with E-state index in [1.54, 1.807) is 42.4 Å². The lowest BCUT2D eigenvalue weighted by atomic mass is 10.1. The predicted molar refractivity (Wildman–Crippen MR) is 146 cm³/mol. The number of halogens is 2. The van der Waals surface area contributed by atoms with Gasteiger partial charge in [-0.15, -0.1) is 0 Å². The maximum Gasteiger partial charge on any atom is 0.326 e. The van der Waals surface area contributed by atoms with Gasteiger partial charge < -0.3 is 15.7 Å². The summed E-state index contributed by atoms with van der Waals surface area (Å²) in [5, 5.41) is 16.1. The summed E-state index contributed by atoms with van der Waals surface area (Å²) in [7, 11) is 0. The highest BCUT2D eigenvalue weighted by molar-refractivity contribution is 5.77. The van der Waals surface area contributed by atoms with Crippen molar-refractivity contribution >= 4 is 17.6 Å². The number of nitrogens with one attached hydrogen (secondary N) is 2. The molecular formula is C28H35F2N7O2. The van der Waals surface area contributed by atoms with E-state index in [1.165, 1.54) is 5.56 Å². The zero-order valence-electron chi connectivity index (χ0n) is 22.1. The number of alkyl halides is 2. The Morgan fingerprint density at radius 2 is 1.95 bits per heavy atom. The van der Waals surface area contributed by atoms with Crippen molar-refractivity contribution < 1.29 is 18.7 Å². The van der Waals surface area contributed by atoms with Crippen LogP contribution in [-0.2, 0) is 17.6 Å². The summed E-state index contributed by atoms with van der Waals surface area (Å²) < 4.78 is 26.6. The molecule has 0 aromatic carbocycles. The number of nitrogens with zero attached hydrogens (tertiary/aromatic N) is 5. The van der Waals surface area contributed by atoms with E-state index in [2.05, 4.69) is 31.7 Å². The number of hydrogen-bond donors (Lipinski definition) is 3. The van der Waals surface area contributed by atoms with E-state index < -0.39 is 25.0 Å². The van der Waals surface area contributed by atoms with Crippen molar-refractivity contribution in [3.05, 3.63) is 59.7 Å². The first-order chi connectivity index (χ1) is 18.9. The summed E-state index contributed by atoms with van der Waals surface area (Å²) in [6.45, 7) is 3.01. The molecule has 0 saturated carbocycles. The Kier molecular flexibility index (Phi) is 10.1. The number of rotatable bonds is 14. The van der Waals surface area contributed by atoms with E-state index in [9.17, 15) is 18.7 Å². The van der Waals surface area contributed by atoms with E-state index in [4.69, 9.17) is 4.98 Å². The lowest BCUT2D eigenvalue weighted by Gasteiger charge is -2.24. The fourth-order valence-electron chi connectivity index (χ4n) is 4.66. The number of aliphatic carboxylic acids is 1. The molecule has 1 aliphatic rings. The minimum atomic E-state index is -2.50. The van der Waals surface area contributed by atoms with Gasteiger partial charge in [0.1, 0.15) is 17.7 Å². The summed E-state index contributed by atoms with van der Waals surface area (Å²) >= 11 is 0. The molecule has 3 aromatic heterocycles. The molecule has 208 valence electrons. The highest BCUT2D eigenvalue weighted by Crippen LogP contribution is 2.21. The molecule has 3 aromatic rings. The largest absolute Gasteiger partial charge is 0.480 e. The lowest BCUT2D eigenvalue weighted by Crippen LogP contribution is -2.37. The van der Waals surface area contributed by atoms with Crippen molar-refractivity contribution in [3.63, 3.8) is 0 Å². The Bertz CT molecular complexity index is 1230. The van der Waals surface area contributed by atoms with Crippen LogP contribution in [0.25, 0.3) is 11.4 Å². The number of anilines is 2. The van der Waals surface area contributed by atoms with Crippen LogP contribution in [-0.4, -0.2) is 74.6 Å². The highest BCUT2D eigenvalue weighted by Gasteiger charge is 2.21. The Morgan fingerprint density at radius 3 is 2.72 bits per heavy atom. The van der Waals surface area contributed by atoms with Gasteiger partial charge in [-0.05, 0) is 75.8 Å². The molecule has 3 N–H and O–H groups in total. The zero-order valence-corrected chi connectivity index (χ0v) is 22.1. The van der Waals surface area contributed by atoms with Gasteiger partial charge in [-0.3, -0.25) is 9.88 Å². The molecule has 0 spiro atoms. The van der Waals surface area contributed by atoms with Gasteiger partial charge in [0.05, 0.1) is 6.54 Å². The smallest absolute Gasteiger partial charge is 0.326 e. The Labute approximate surface area is 227 Å². The number of pyridine rings is 2. The summed E-state index contributed by atoms with van der Waals surface area (Å²) in [6.07, 6.45) is 5.34. The van der Waals surface area contributed by atoms with Gasteiger partial charge in [0.15, 0.2) is 5.82 Å². The number of fused-ring (bicyclic) bond motifs is 1. The number of aromatic nitrogens is 4. The Balaban J connectivity index is 1.31. The van der Waals surface area contributed by atoms with Gasteiger partial charge in [0.2, 0.25) is 0 Å². The van der Waals surface area contributed by atoms with Gasteiger partial charge in [-0.25, -0.2) is 28.5 Å². The van der Waals surface area contributed by atoms with Gasteiger partial charge in [-0.1, -0.05) is 6.07 Å². The zero-order chi connectivity index (χ0) is 27.6. The van der Waals surface area contributed by atoms with Crippen molar-refractivity contribution in [2.45, 2.75) is 57.9 Å². The third-order valence-corrected chi connectivity index (χ3v) is 6.65. The average molecular weight is 540 g/mol. The van der Waals surface area contributed by atoms with Crippen LogP contribution in [0, 0.1) is 6.92 Å². The summed E-state index contributed by atoms with van der Waals surface area (Å²) in [5.41, 5.74) is 3.66. The SMILES string of the molecule is Cc1cc(NC(CCN(CCCCc2ccc3c(n2)NCCC3)CC(F)F)C(=O)O)nc(-c2ccncc2)n1. The first kappa shape index (κ1) is 28.3. The number of aryl methyl sites for hydroxylation is 3. The standard InChI is InChI=1S/C28H35F2N7O2/c1-19-17-25(36-27(33-19)21-9-13-31-14-10-21)35-23(28(38)39)11-16-37(18-24(29)30)15-3-2-6-22-8-7-20-5-4-12-32-26(20)34-22/h7-10,13-14,17,23-24H,2-6,11-12,15-16,18H2,1H3,(H,32,34)(H,38,39)(H,33,35,36). The van der Waals surface area contributed by atoms with E-state index >= 15 is 0 Å². The van der Waals surface area contributed by atoms with Gasteiger partial charge >= 0.3 is 5.97 Å². The molecule has 4 rings (SSSR count). The van der Waals surface area contributed by atoms with Gasteiger partial charge in [-0.2, -0.15) is 0 Å². The minimum Gasteiger partial charge on any atom is -0.480 e. The first-order valence-electron chi connectivity index (χ1n) is 13.4. The van der Waals surface area contributed by atoms with Crippen LogP contribution in [0.4, 0.5) is 20.4 Å². The first-order valence-corrected chi connectivity index (χ1v) is 13.4. The average Bonchev–Trinajstić information content (AvgIpc) is 2.92. The quantitative estimate of drug-likeness (QED) is 0.256. The number of unbranched alkanes of at least 4 members (excludes halogenated alkanes) is 1. The van der Waals surface area contributed by atoms with Crippen LogP contribution in [0.5, 0.6) is 0 Å². The summed E-state index contributed by atoms with van der Waals surface area (Å²) in [5.74, 6) is 0.708. The molecule has 0 radical (unpaired) electrons. The molecule has 1 atom stereocenters. The van der Waals surface area contributed by atoms with Crippen LogP contribution in [0.1, 0.15) is 42.6 Å². The molecule has 9 nitrogen and oxygen atoms in total. The fraction of sp³-hybridized carbons (Fsp3) is 0.464. The normalized spacial score (nSPS) is 13.7. The Morgan fingerprint density at radius 1 is 1.13 bits per heavy atom. The van der Waals surface area contributed by atoms with Gasteiger partial charge in [0, 0.05) is 48.5 Å². The molecule has 1 aliphatic heterocycles. The third-order valence-electron chi connectivity index (χ3n) is 6.65. The lowest BCUT2D eigenvalue weighted by molar-refractivity contribution is -0.138. The number of carbonyl (C=O) groups is 1. The molecule has 11 heteroatoms. The summed E-state index contributed by atoms with van der Waals surface area (Å²) in [6, 6.07) is 8.38. The molecule has 4 heterocycles. The monoisotopic (exact) mass is 539 g/mol. The van der Waals surface area contributed by atoms with E-state index in [0.29, 0.717) is 30.3 Å². The molecule has 0 fully saturated rings. The second-order valence-electron chi connectivity index (χ2n) is 9.77. The topological polar surface area (TPSA) is 116 Å². The highest BCUT2D eigenvalue weighted by atomic mass is 19.3. The number of carboxylic acids is 1. The maximum absolute atomic E-state index is 13.3. The van der Waals surface area contributed by atoms with Crippen LogP contribution in [0.3, 0.4) is 0 Å². The van der Waals surface area contributed by atoms with E-state index in [-0.39, 0.29) is 13.0 Å². The second kappa shape index (κ2) is 13.9. The van der Waals surface area contributed by atoms with Crippen molar-refractivity contribution in [2.75, 3.05) is 36.8 Å². The van der Waals surface area contributed by atoms with Crippen molar-refractivity contribution in [3.8, 4) is 11.4 Å². The molecular weight excluding hydrogens is 504 g/mol. The fourth-order valence-corrected chi connectivity index (χ4v) is 4.66. The van der Waals surface area contributed by atoms with Crippen LogP contribution < -0.4 is 10.6 Å². The molecule has 0 bridgehead atoms. The second-order valence-corrected chi connectivity index (χ2v) is 9.77.